The summed E-state index contributed by atoms with van der Waals surface area (Å²) >= 11 is 0. The molecule has 0 amide bonds. The van der Waals surface area contributed by atoms with Crippen LogP contribution in [0.4, 0.5) is 0 Å². The molecule has 1 aromatic carbocycles. The Kier molecular flexibility index (Phi) is 6.62. The molecule has 2 nitrogen and oxygen atoms in total. The number of aliphatic hydroxyl groups is 1. The quantitative estimate of drug-likeness (QED) is 0.821. The summed E-state index contributed by atoms with van der Waals surface area (Å²) in [7, 11) is 2.09. The lowest BCUT2D eigenvalue weighted by atomic mass is 9.92. The second-order valence-corrected chi connectivity index (χ2v) is 7.83. The Bertz CT molecular complexity index is 603. The summed E-state index contributed by atoms with van der Waals surface area (Å²) in [6, 6.07) is 6.32. The molecule has 0 saturated carbocycles. The molecule has 0 aliphatic heterocycles. The van der Waals surface area contributed by atoms with E-state index in [2.05, 4.69) is 68.8 Å². The van der Waals surface area contributed by atoms with Crippen molar-refractivity contribution in [3.63, 3.8) is 0 Å². The van der Waals surface area contributed by atoms with Gasteiger partial charge >= 0.3 is 0 Å². The van der Waals surface area contributed by atoms with E-state index in [1.54, 1.807) is 0 Å². The highest BCUT2D eigenvalue weighted by Gasteiger charge is 2.18. The summed E-state index contributed by atoms with van der Waals surface area (Å²) in [5.41, 5.74) is 2.58. The maximum atomic E-state index is 10.3. The van der Waals surface area contributed by atoms with Crippen LogP contribution in [0.25, 0.3) is 0 Å². The van der Waals surface area contributed by atoms with Crippen molar-refractivity contribution in [2.24, 2.45) is 5.41 Å². The lowest BCUT2D eigenvalue weighted by Crippen LogP contribution is -2.20. The van der Waals surface area contributed by atoms with Crippen LogP contribution in [0.3, 0.4) is 0 Å². The number of likely N-dealkylation sites (N-methyl/N-ethyl adjacent to an activating group) is 1. The standard InChI is InChI=1S/C21H31NO/c1-17-11-12-18(15-19(17)21(5,6)23)16-22(7)14-10-8-9-13-20(2,3)4/h8,10-12,15,23H,14,16H2,1-7H3. The molecule has 0 saturated heterocycles. The average molecular weight is 313 g/mol. The van der Waals surface area contributed by atoms with Gasteiger partial charge in [-0.25, -0.2) is 0 Å². The van der Waals surface area contributed by atoms with Gasteiger partial charge < -0.3 is 5.11 Å². The van der Waals surface area contributed by atoms with Crippen molar-refractivity contribution in [1.29, 1.82) is 0 Å². The predicted molar refractivity (Wildman–Crippen MR) is 99.1 cm³/mol. The highest BCUT2D eigenvalue weighted by molar-refractivity contribution is 5.34. The third-order valence-corrected chi connectivity index (χ3v) is 3.48. The van der Waals surface area contributed by atoms with E-state index < -0.39 is 5.60 Å². The van der Waals surface area contributed by atoms with Gasteiger partial charge in [0.15, 0.2) is 0 Å². The Hall–Kier alpha value is -1.56. The largest absolute Gasteiger partial charge is 0.386 e. The van der Waals surface area contributed by atoms with E-state index in [1.165, 1.54) is 5.56 Å². The van der Waals surface area contributed by atoms with Crippen molar-refractivity contribution < 1.29 is 5.11 Å². The maximum absolute atomic E-state index is 10.3. The van der Waals surface area contributed by atoms with E-state index in [4.69, 9.17) is 0 Å². The fourth-order valence-corrected chi connectivity index (χ4v) is 2.35. The van der Waals surface area contributed by atoms with Crippen LogP contribution in [-0.4, -0.2) is 23.6 Å². The second kappa shape index (κ2) is 7.81. The molecule has 2 heteroatoms. The molecule has 0 spiro atoms. The minimum Gasteiger partial charge on any atom is -0.386 e. The number of hydrogen-bond donors (Lipinski definition) is 1. The molecule has 0 radical (unpaired) electrons. The monoisotopic (exact) mass is 313 g/mol. The molecule has 0 atom stereocenters. The molecule has 1 N–H and O–H groups in total. The van der Waals surface area contributed by atoms with Crippen LogP contribution >= 0.6 is 0 Å². The summed E-state index contributed by atoms with van der Waals surface area (Å²) < 4.78 is 0. The molecule has 0 heterocycles. The van der Waals surface area contributed by atoms with Gasteiger partial charge in [-0.05, 0) is 71.4 Å². The first kappa shape index (κ1) is 19.5. The van der Waals surface area contributed by atoms with Gasteiger partial charge in [0.2, 0.25) is 0 Å². The van der Waals surface area contributed by atoms with E-state index in [-0.39, 0.29) is 5.41 Å². The topological polar surface area (TPSA) is 23.5 Å². The van der Waals surface area contributed by atoms with Crippen molar-refractivity contribution >= 4 is 0 Å². The van der Waals surface area contributed by atoms with Gasteiger partial charge in [0, 0.05) is 18.5 Å². The molecule has 0 bridgehead atoms. The smallest absolute Gasteiger partial charge is 0.0843 e. The van der Waals surface area contributed by atoms with Crippen molar-refractivity contribution in [2.75, 3.05) is 13.6 Å². The van der Waals surface area contributed by atoms with E-state index in [0.717, 1.165) is 24.2 Å². The molecule has 0 aromatic heterocycles. The van der Waals surface area contributed by atoms with Crippen molar-refractivity contribution in [3.05, 3.63) is 47.0 Å². The average Bonchev–Trinajstić information content (AvgIpc) is 2.38. The van der Waals surface area contributed by atoms with Gasteiger partial charge in [0.25, 0.3) is 0 Å². The molecule has 1 aromatic rings. The van der Waals surface area contributed by atoms with Gasteiger partial charge in [0.05, 0.1) is 5.60 Å². The number of aryl methyl sites for hydroxylation is 1. The van der Waals surface area contributed by atoms with Crippen LogP contribution < -0.4 is 0 Å². The molecule has 1 rings (SSSR count). The van der Waals surface area contributed by atoms with Crippen LogP contribution in [0.2, 0.25) is 0 Å². The highest BCUT2D eigenvalue weighted by Crippen LogP contribution is 2.24. The summed E-state index contributed by atoms with van der Waals surface area (Å²) in [4.78, 5) is 2.23. The Morgan fingerprint density at radius 1 is 1.17 bits per heavy atom. The third-order valence-electron chi connectivity index (χ3n) is 3.48. The zero-order valence-corrected chi connectivity index (χ0v) is 15.7. The van der Waals surface area contributed by atoms with Crippen LogP contribution in [0.15, 0.2) is 30.4 Å². The van der Waals surface area contributed by atoms with Crippen LogP contribution in [0.1, 0.15) is 51.3 Å². The van der Waals surface area contributed by atoms with Gasteiger partial charge in [0.1, 0.15) is 0 Å². The Labute approximate surface area is 142 Å². The normalized spacial score (nSPS) is 12.6. The van der Waals surface area contributed by atoms with Gasteiger partial charge in [-0.15, -0.1) is 0 Å². The number of hydrogen-bond acceptors (Lipinski definition) is 2. The van der Waals surface area contributed by atoms with Gasteiger partial charge in [-0.1, -0.05) is 36.1 Å². The molecular formula is C21H31NO. The highest BCUT2D eigenvalue weighted by atomic mass is 16.3. The Morgan fingerprint density at radius 3 is 2.39 bits per heavy atom. The van der Waals surface area contributed by atoms with Crippen LogP contribution in [-0.2, 0) is 12.1 Å². The maximum Gasteiger partial charge on any atom is 0.0843 e. The molecule has 126 valence electrons. The van der Waals surface area contributed by atoms with E-state index in [1.807, 2.05) is 26.8 Å². The second-order valence-electron chi connectivity index (χ2n) is 7.83. The molecule has 0 aliphatic carbocycles. The fraction of sp³-hybridized carbons (Fsp3) is 0.524. The van der Waals surface area contributed by atoms with Gasteiger partial charge in [-0.2, -0.15) is 0 Å². The van der Waals surface area contributed by atoms with E-state index in [0.29, 0.717) is 0 Å². The Morgan fingerprint density at radius 2 is 1.83 bits per heavy atom. The molecule has 23 heavy (non-hydrogen) atoms. The zero-order valence-electron chi connectivity index (χ0n) is 15.7. The SMILES string of the molecule is Cc1ccc(CN(C)CC=CC#CC(C)(C)C)cc1C(C)(C)O. The number of nitrogens with zero attached hydrogens (tertiary/aromatic N) is 1. The lowest BCUT2D eigenvalue weighted by Gasteiger charge is -2.22. The molecule has 0 aliphatic rings. The number of allylic oxidation sites excluding steroid dienone is 1. The summed E-state index contributed by atoms with van der Waals surface area (Å²) in [6.07, 6.45) is 4.02. The molecular weight excluding hydrogens is 282 g/mol. The number of benzene rings is 1. The Balaban J connectivity index is 2.66. The van der Waals surface area contributed by atoms with Crippen LogP contribution in [0, 0.1) is 24.2 Å². The van der Waals surface area contributed by atoms with E-state index >= 15 is 0 Å². The number of rotatable bonds is 5. The van der Waals surface area contributed by atoms with Crippen molar-refractivity contribution in [1.82, 2.24) is 4.90 Å². The summed E-state index contributed by atoms with van der Waals surface area (Å²) in [6.45, 7) is 13.7. The first-order chi connectivity index (χ1) is 10.5. The van der Waals surface area contributed by atoms with E-state index in [9.17, 15) is 5.11 Å². The first-order valence-corrected chi connectivity index (χ1v) is 8.18. The summed E-state index contributed by atoms with van der Waals surface area (Å²) in [5.74, 6) is 6.28. The van der Waals surface area contributed by atoms with Crippen molar-refractivity contribution in [3.8, 4) is 11.8 Å². The zero-order chi connectivity index (χ0) is 17.7. The van der Waals surface area contributed by atoms with Crippen LogP contribution in [0.5, 0.6) is 0 Å². The lowest BCUT2D eigenvalue weighted by molar-refractivity contribution is 0.0778. The minimum absolute atomic E-state index is 0.0473. The van der Waals surface area contributed by atoms with Crippen molar-refractivity contribution in [2.45, 2.75) is 53.7 Å². The first-order valence-electron chi connectivity index (χ1n) is 8.18. The van der Waals surface area contributed by atoms with Gasteiger partial charge in [-0.3, -0.25) is 4.90 Å². The molecule has 0 unspecified atom stereocenters. The predicted octanol–water partition coefficient (Wildman–Crippen LogP) is 4.26. The molecule has 0 fully saturated rings. The minimum atomic E-state index is -0.804. The third kappa shape index (κ3) is 7.50. The fourth-order valence-electron chi connectivity index (χ4n) is 2.35. The summed E-state index contributed by atoms with van der Waals surface area (Å²) in [5, 5.41) is 10.3.